The van der Waals surface area contributed by atoms with E-state index in [1.807, 2.05) is 25.1 Å². The molecule has 8 heteroatoms. The molecule has 138 valence electrons. The lowest BCUT2D eigenvalue weighted by Gasteiger charge is -2.46. The second-order valence-electron chi connectivity index (χ2n) is 6.79. The summed E-state index contributed by atoms with van der Waals surface area (Å²) in [5.41, 5.74) is 1.33. The van der Waals surface area contributed by atoms with Gasteiger partial charge in [0.15, 0.2) is 0 Å². The van der Waals surface area contributed by atoms with Crippen LogP contribution in [0.15, 0.2) is 18.2 Å². The Kier molecular flexibility index (Phi) is 5.13. The number of pyridine rings is 1. The van der Waals surface area contributed by atoms with Crippen LogP contribution in [0.1, 0.15) is 31.2 Å². The zero-order chi connectivity index (χ0) is 18.1. The molecular weight excluding hydrogens is 342 g/mol. The maximum atomic E-state index is 12.2. The molecule has 2 saturated heterocycles. The summed E-state index contributed by atoms with van der Waals surface area (Å²) >= 11 is 0. The Morgan fingerprint density at radius 3 is 2.64 bits per heavy atom. The number of aromatic nitrogens is 1. The molecule has 1 aromatic rings. The molecule has 0 atom stereocenters. The number of sulfonamides is 1. The fraction of sp³-hybridized carbons (Fsp3) is 0.647. The highest BCUT2D eigenvalue weighted by molar-refractivity contribution is 7.89. The molecular formula is C17H25N3O4S. The summed E-state index contributed by atoms with van der Waals surface area (Å²) in [6, 6.07) is 5.78. The van der Waals surface area contributed by atoms with Crippen LogP contribution in [0, 0.1) is 6.92 Å². The highest BCUT2D eigenvalue weighted by atomic mass is 32.2. The molecule has 3 rings (SSSR count). The van der Waals surface area contributed by atoms with Crippen molar-refractivity contribution in [3.05, 3.63) is 29.6 Å². The molecule has 1 spiro atoms. The highest BCUT2D eigenvalue weighted by Crippen LogP contribution is 2.32. The van der Waals surface area contributed by atoms with Crippen molar-refractivity contribution in [2.24, 2.45) is 0 Å². The summed E-state index contributed by atoms with van der Waals surface area (Å²) in [4.78, 5) is 18.5. The Morgan fingerprint density at radius 2 is 2.00 bits per heavy atom. The Morgan fingerprint density at radius 1 is 1.28 bits per heavy atom. The average Bonchev–Trinajstić information content (AvgIpc) is 2.59. The fourth-order valence-corrected chi connectivity index (χ4v) is 4.58. The van der Waals surface area contributed by atoms with E-state index in [2.05, 4.69) is 4.98 Å². The monoisotopic (exact) mass is 367 g/mol. The van der Waals surface area contributed by atoms with Gasteiger partial charge >= 0.3 is 0 Å². The summed E-state index contributed by atoms with van der Waals surface area (Å²) < 4.78 is 31.5. The van der Waals surface area contributed by atoms with Crippen LogP contribution >= 0.6 is 0 Å². The van der Waals surface area contributed by atoms with E-state index >= 15 is 0 Å². The molecule has 3 heterocycles. The molecule has 0 N–H and O–H groups in total. The van der Waals surface area contributed by atoms with Gasteiger partial charge in [-0.3, -0.25) is 9.78 Å². The Bertz CT molecular complexity index is 742. The number of nitrogens with zero attached hydrogens (tertiary/aromatic N) is 3. The van der Waals surface area contributed by atoms with Crippen molar-refractivity contribution < 1.29 is 17.9 Å². The molecule has 7 nitrogen and oxygen atoms in total. The molecule has 2 fully saturated rings. The standard InChI is InChI=1S/C17H25N3O4S/c1-3-25(22,23)20-9-7-17(8-10-20)13-19(16(21)12-24-17)11-15-6-4-5-14(2)18-15/h4-6H,3,7-13H2,1-2H3. The van der Waals surface area contributed by atoms with E-state index < -0.39 is 15.6 Å². The van der Waals surface area contributed by atoms with Crippen molar-refractivity contribution in [2.45, 2.75) is 38.8 Å². The minimum absolute atomic E-state index is 0.0439. The van der Waals surface area contributed by atoms with Crippen LogP contribution < -0.4 is 0 Å². The van der Waals surface area contributed by atoms with E-state index in [0.717, 1.165) is 11.4 Å². The van der Waals surface area contributed by atoms with Gasteiger partial charge in [-0.25, -0.2) is 12.7 Å². The van der Waals surface area contributed by atoms with Crippen LogP contribution in [-0.4, -0.2) is 66.1 Å². The molecule has 0 saturated carbocycles. The lowest BCUT2D eigenvalue weighted by Crippen LogP contribution is -2.59. The summed E-state index contributed by atoms with van der Waals surface area (Å²) in [6.45, 7) is 5.47. The molecule has 1 aromatic heterocycles. The first-order chi connectivity index (χ1) is 11.8. The van der Waals surface area contributed by atoms with Gasteiger partial charge in [0.25, 0.3) is 0 Å². The van der Waals surface area contributed by atoms with Gasteiger partial charge in [-0.05, 0) is 38.8 Å². The van der Waals surface area contributed by atoms with Crippen LogP contribution in [0.5, 0.6) is 0 Å². The average molecular weight is 367 g/mol. The third kappa shape index (κ3) is 4.02. The lowest BCUT2D eigenvalue weighted by atomic mass is 9.90. The third-order valence-corrected chi connectivity index (χ3v) is 6.91. The number of piperidine rings is 1. The quantitative estimate of drug-likeness (QED) is 0.791. The van der Waals surface area contributed by atoms with Gasteiger partial charge in [0, 0.05) is 18.8 Å². The minimum atomic E-state index is -3.17. The number of carbonyl (C=O) groups is 1. The number of aryl methyl sites for hydroxylation is 1. The lowest BCUT2D eigenvalue weighted by molar-refractivity contribution is -0.170. The summed E-state index contributed by atoms with van der Waals surface area (Å²) in [6.07, 6.45) is 1.22. The highest BCUT2D eigenvalue weighted by Gasteiger charge is 2.43. The number of morpholine rings is 1. The molecule has 2 aliphatic heterocycles. The molecule has 0 radical (unpaired) electrons. The van der Waals surface area contributed by atoms with Gasteiger partial charge in [-0.2, -0.15) is 0 Å². The van der Waals surface area contributed by atoms with E-state index in [0.29, 0.717) is 39.0 Å². The molecule has 1 amide bonds. The molecule has 0 aromatic carbocycles. The predicted octanol–water partition coefficient (Wildman–Crippen LogP) is 0.933. The van der Waals surface area contributed by atoms with Crippen molar-refractivity contribution in [3.8, 4) is 0 Å². The van der Waals surface area contributed by atoms with Crippen molar-refractivity contribution in [1.29, 1.82) is 0 Å². The van der Waals surface area contributed by atoms with Gasteiger partial charge in [0.1, 0.15) is 6.61 Å². The zero-order valence-electron chi connectivity index (χ0n) is 14.8. The van der Waals surface area contributed by atoms with Crippen LogP contribution in [0.4, 0.5) is 0 Å². The first kappa shape index (κ1) is 18.3. The number of amides is 1. The number of rotatable bonds is 4. The van der Waals surface area contributed by atoms with Gasteiger partial charge in [-0.15, -0.1) is 0 Å². The maximum absolute atomic E-state index is 12.2. The van der Waals surface area contributed by atoms with Gasteiger partial charge in [0.2, 0.25) is 15.9 Å². The minimum Gasteiger partial charge on any atom is -0.363 e. The van der Waals surface area contributed by atoms with Crippen LogP contribution in [-0.2, 0) is 26.1 Å². The first-order valence-corrected chi connectivity index (χ1v) is 10.3. The predicted molar refractivity (Wildman–Crippen MR) is 93.3 cm³/mol. The van der Waals surface area contributed by atoms with Gasteiger partial charge in [0.05, 0.1) is 30.1 Å². The van der Waals surface area contributed by atoms with E-state index in [9.17, 15) is 13.2 Å². The Hall–Kier alpha value is -1.51. The van der Waals surface area contributed by atoms with Crippen LogP contribution in [0.2, 0.25) is 0 Å². The normalized spacial score (nSPS) is 21.7. The van der Waals surface area contributed by atoms with Gasteiger partial charge in [-0.1, -0.05) is 6.07 Å². The van der Waals surface area contributed by atoms with Gasteiger partial charge < -0.3 is 9.64 Å². The molecule has 0 aliphatic carbocycles. The van der Waals surface area contributed by atoms with E-state index in [1.165, 1.54) is 4.31 Å². The second-order valence-corrected chi connectivity index (χ2v) is 9.05. The van der Waals surface area contributed by atoms with Crippen molar-refractivity contribution in [3.63, 3.8) is 0 Å². The number of hydrogen-bond donors (Lipinski definition) is 0. The van der Waals surface area contributed by atoms with Crippen LogP contribution in [0.25, 0.3) is 0 Å². The Labute approximate surface area is 149 Å². The van der Waals surface area contributed by atoms with Crippen molar-refractivity contribution in [1.82, 2.24) is 14.2 Å². The number of carbonyl (C=O) groups excluding carboxylic acids is 1. The van der Waals surface area contributed by atoms with Crippen molar-refractivity contribution in [2.75, 3.05) is 32.0 Å². The molecule has 0 bridgehead atoms. The first-order valence-electron chi connectivity index (χ1n) is 8.66. The van der Waals surface area contributed by atoms with E-state index in [-0.39, 0.29) is 18.3 Å². The third-order valence-electron chi connectivity index (χ3n) is 5.02. The van der Waals surface area contributed by atoms with Crippen LogP contribution in [0.3, 0.4) is 0 Å². The largest absolute Gasteiger partial charge is 0.363 e. The Balaban J connectivity index is 1.68. The topological polar surface area (TPSA) is 79.8 Å². The summed E-state index contributed by atoms with van der Waals surface area (Å²) in [7, 11) is -3.17. The molecule has 2 aliphatic rings. The van der Waals surface area contributed by atoms with E-state index in [4.69, 9.17) is 4.74 Å². The maximum Gasteiger partial charge on any atom is 0.249 e. The molecule has 25 heavy (non-hydrogen) atoms. The second kappa shape index (κ2) is 7.01. The smallest absolute Gasteiger partial charge is 0.249 e. The number of hydrogen-bond acceptors (Lipinski definition) is 5. The number of ether oxygens (including phenoxy) is 1. The van der Waals surface area contributed by atoms with Crippen molar-refractivity contribution >= 4 is 15.9 Å². The zero-order valence-corrected chi connectivity index (χ0v) is 15.6. The fourth-order valence-electron chi connectivity index (χ4n) is 3.47. The summed E-state index contributed by atoms with van der Waals surface area (Å²) in [5.74, 6) is 0.0716. The SMILES string of the molecule is CCS(=O)(=O)N1CCC2(CC1)CN(Cc1cccc(C)n1)C(=O)CO2. The summed E-state index contributed by atoms with van der Waals surface area (Å²) in [5, 5.41) is 0. The van der Waals surface area contributed by atoms with E-state index in [1.54, 1.807) is 11.8 Å². The molecule has 0 unspecified atom stereocenters.